The molecule has 1 heterocycles. The van der Waals surface area contributed by atoms with E-state index in [1.807, 2.05) is 31.2 Å². The maximum Gasteiger partial charge on any atom is 0.289 e. The molecule has 0 spiro atoms. The Morgan fingerprint density at radius 2 is 1.79 bits per heavy atom. The minimum Gasteiger partial charge on any atom is -0.496 e. The minimum absolute atomic E-state index is 0.123. The highest BCUT2D eigenvalue weighted by atomic mass is 16.5. The molecule has 6 nitrogen and oxygen atoms in total. The molecule has 0 saturated carbocycles. The fourth-order valence-corrected chi connectivity index (χ4v) is 2.97. The maximum absolute atomic E-state index is 12.9. The van der Waals surface area contributed by atoms with Crippen molar-refractivity contribution in [1.29, 1.82) is 5.26 Å². The molecule has 148 valence electrons. The Morgan fingerprint density at radius 3 is 2.52 bits per heavy atom. The topological polar surface area (TPSA) is 75.7 Å². The van der Waals surface area contributed by atoms with Gasteiger partial charge in [0, 0.05) is 12.6 Å². The lowest BCUT2D eigenvalue weighted by molar-refractivity contribution is 0.0704. The zero-order chi connectivity index (χ0) is 20.8. The molecule has 0 aliphatic rings. The summed E-state index contributed by atoms with van der Waals surface area (Å²) in [6, 6.07) is 19.8. The molecule has 0 fully saturated rings. The van der Waals surface area contributed by atoms with Crippen molar-refractivity contribution in [3.63, 3.8) is 0 Å². The Kier molecular flexibility index (Phi) is 6.20. The number of hydrogen-bond donors (Lipinski definition) is 0. The van der Waals surface area contributed by atoms with Gasteiger partial charge in [-0.3, -0.25) is 4.79 Å². The Hall–Kier alpha value is -3.72. The molecule has 3 aromatic rings. The molecule has 0 aliphatic heterocycles. The number of rotatable bonds is 7. The normalized spacial score (nSPS) is 11.4. The van der Waals surface area contributed by atoms with Gasteiger partial charge in [-0.15, -0.1) is 0 Å². The Balaban J connectivity index is 1.69. The van der Waals surface area contributed by atoms with E-state index >= 15 is 0 Å². The second kappa shape index (κ2) is 8.98. The van der Waals surface area contributed by atoms with E-state index in [9.17, 15) is 4.79 Å². The highest BCUT2D eigenvalue weighted by Gasteiger charge is 2.23. The lowest BCUT2D eigenvalue weighted by Gasteiger charge is -2.25. The van der Waals surface area contributed by atoms with Gasteiger partial charge < -0.3 is 18.8 Å². The molecule has 1 amide bonds. The van der Waals surface area contributed by atoms with Gasteiger partial charge in [-0.25, -0.2) is 0 Å². The number of carbonyl (C=O) groups excluding carboxylic acids is 1. The molecule has 1 aromatic heterocycles. The maximum atomic E-state index is 12.9. The zero-order valence-electron chi connectivity index (χ0n) is 16.6. The Morgan fingerprint density at radius 1 is 1.10 bits per heavy atom. The number of nitriles is 1. The van der Waals surface area contributed by atoms with Crippen LogP contribution in [0.5, 0.6) is 11.5 Å². The number of benzene rings is 2. The van der Waals surface area contributed by atoms with Gasteiger partial charge in [0.1, 0.15) is 29.9 Å². The summed E-state index contributed by atoms with van der Waals surface area (Å²) in [7, 11) is 3.33. The first kappa shape index (κ1) is 20.0. The van der Waals surface area contributed by atoms with Crippen LogP contribution >= 0.6 is 0 Å². The fourth-order valence-electron chi connectivity index (χ4n) is 2.97. The summed E-state index contributed by atoms with van der Waals surface area (Å²) in [6.07, 6.45) is 0. The molecular formula is C23H22N2O4. The number of hydrogen-bond acceptors (Lipinski definition) is 5. The van der Waals surface area contributed by atoms with Crippen molar-refractivity contribution in [3.8, 4) is 17.6 Å². The standard InChI is InChI=1S/C23H22N2O4/c1-16(19-9-5-7-11-21(19)27-3)25(2)23(26)22-13-12-18(29-22)15-28-20-10-6-4-8-17(20)14-24/h4-13,16H,15H2,1-3H3. The van der Waals surface area contributed by atoms with Gasteiger partial charge in [0.15, 0.2) is 5.76 Å². The van der Waals surface area contributed by atoms with Gasteiger partial charge in [0.25, 0.3) is 5.91 Å². The predicted molar refractivity (Wildman–Crippen MR) is 108 cm³/mol. The largest absolute Gasteiger partial charge is 0.496 e. The Bertz CT molecular complexity index is 1040. The van der Waals surface area contributed by atoms with Gasteiger partial charge >= 0.3 is 0 Å². The van der Waals surface area contributed by atoms with Crippen molar-refractivity contribution in [1.82, 2.24) is 4.90 Å². The molecule has 1 unspecified atom stereocenters. The van der Waals surface area contributed by atoms with E-state index in [1.54, 1.807) is 55.5 Å². The summed E-state index contributed by atoms with van der Waals surface area (Å²) in [6.45, 7) is 2.05. The molecule has 1 atom stereocenters. The van der Waals surface area contributed by atoms with Crippen molar-refractivity contribution in [3.05, 3.63) is 83.3 Å². The van der Waals surface area contributed by atoms with Crippen LogP contribution in [-0.2, 0) is 6.61 Å². The second-order valence-corrected chi connectivity index (χ2v) is 6.50. The van der Waals surface area contributed by atoms with Gasteiger partial charge in [0.05, 0.1) is 18.7 Å². The van der Waals surface area contributed by atoms with Gasteiger partial charge in [-0.2, -0.15) is 5.26 Å². The average molecular weight is 390 g/mol. The van der Waals surface area contributed by atoms with Gasteiger partial charge in [-0.05, 0) is 37.3 Å². The van der Waals surface area contributed by atoms with Crippen LogP contribution in [0, 0.1) is 11.3 Å². The first-order chi connectivity index (χ1) is 14.0. The summed E-state index contributed by atoms with van der Waals surface area (Å²) in [5, 5.41) is 9.12. The molecule has 29 heavy (non-hydrogen) atoms. The van der Waals surface area contributed by atoms with Crippen LogP contribution in [0.4, 0.5) is 0 Å². The van der Waals surface area contributed by atoms with E-state index in [4.69, 9.17) is 19.2 Å². The third kappa shape index (κ3) is 4.41. The van der Waals surface area contributed by atoms with E-state index in [1.165, 1.54) is 0 Å². The second-order valence-electron chi connectivity index (χ2n) is 6.50. The lowest BCUT2D eigenvalue weighted by atomic mass is 10.1. The Labute approximate surface area is 169 Å². The van der Waals surface area contributed by atoms with E-state index in [0.29, 0.717) is 17.1 Å². The molecule has 0 radical (unpaired) electrons. The third-order valence-electron chi connectivity index (χ3n) is 4.74. The van der Waals surface area contributed by atoms with Crippen LogP contribution in [0.15, 0.2) is 65.1 Å². The van der Waals surface area contributed by atoms with Crippen molar-refractivity contribution in [2.24, 2.45) is 0 Å². The highest BCUT2D eigenvalue weighted by Crippen LogP contribution is 2.29. The van der Waals surface area contributed by atoms with Crippen molar-refractivity contribution in [2.45, 2.75) is 19.6 Å². The van der Waals surface area contributed by atoms with Crippen LogP contribution in [0.2, 0.25) is 0 Å². The van der Waals surface area contributed by atoms with Crippen molar-refractivity contribution < 1.29 is 18.7 Å². The predicted octanol–water partition coefficient (Wildman–Crippen LogP) is 4.57. The van der Waals surface area contributed by atoms with E-state index in [-0.39, 0.29) is 24.3 Å². The number of ether oxygens (including phenoxy) is 2. The number of amides is 1. The first-order valence-corrected chi connectivity index (χ1v) is 9.16. The summed E-state index contributed by atoms with van der Waals surface area (Å²) >= 11 is 0. The van der Waals surface area contributed by atoms with Crippen LogP contribution in [0.3, 0.4) is 0 Å². The van der Waals surface area contributed by atoms with E-state index in [2.05, 4.69) is 6.07 Å². The zero-order valence-corrected chi connectivity index (χ0v) is 16.6. The van der Waals surface area contributed by atoms with E-state index < -0.39 is 0 Å². The lowest BCUT2D eigenvalue weighted by Crippen LogP contribution is -2.29. The molecule has 3 rings (SSSR count). The molecule has 0 aliphatic carbocycles. The highest BCUT2D eigenvalue weighted by molar-refractivity contribution is 5.91. The average Bonchev–Trinajstić information content (AvgIpc) is 3.25. The van der Waals surface area contributed by atoms with Crippen molar-refractivity contribution >= 4 is 5.91 Å². The SMILES string of the molecule is COc1ccccc1C(C)N(C)C(=O)c1ccc(COc2ccccc2C#N)o1. The molecule has 2 aromatic carbocycles. The van der Waals surface area contributed by atoms with Crippen molar-refractivity contribution in [2.75, 3.05) is 14.2 Å². The number of nitrogens with zero attached hydrogens (tertiary/aromatic N) is 2. The quantitative estimate of drug-likeness (QED) is 0.591. The third-order valence-corrected chi connectivity index (χ3v) is 4.74. The summed E-state index contributed by atoms with van der Waals surface area (Å²) in [5.74, 6) is 1.68. The summed E-state index contributed by atoms with van der Waals surface area (Å²) in [4.78, 5) is 14.5. The van der Waals surface area contributed by atoms with E-state index in [0.717, 1.165) is 11.3 Å². The monoisotopic (exact) mass is 390 g/mol. The molecule has 6 heteroatoms. The minimum atomic E-state index is -0.243. The molecule has 0 saturated heterocycles. The van der Waals surface area contributed by atoms with Crippen LogP contribution in [0.1, 0.15) is 40.4 Å². The first-order valence-electron chi connectivity index (χ1n) is 9.16. The number of methoxy groups -OCH3 is 1. The van der Waals surface area contributed by atoms with Gasteiger partial charge in [-0.1, -0.05) is 30.3 Å². The summed E-state index contributed by atoms with van der Waals surface area (Å²) < 4.78 is 16.7. The molecule has 0 bridgehead atoms. The van der Waals surface area contributed by atoms with Crippen LogP contribution in [0.25, 0.3) is 0 Å². The fraction of sp³-hybridized carbons (Fsp3) is 0.217. The summed E-state index contributed by atoms with van der Waals surface area (Å²) in [5.41, 5.74) is 1.36. The van der Waals surface area contributed by atoms with Crippen LogP contribution in [-0.4, -0.2) is 25.0 Å². The molecular weight excluding hydrogens is 368 g/mol. The number of para-hydroxylation sites is 2. The van der Waals surface area contributed by atoms with Gasteiger partial charge in [0.2, 0.25) is 0 Å². The molecule has 0 N–H and O–H groups in total. The smallest absolute Gasteiger partial charge is 0.289 e. The van der Waals surface area contributed by atoms with Crippen LogP contribution < -0.4 is 9.47 Å². The number of carbonyl (C=O) groups is 1. The number of furan rings is 1.